The lowest BCUT2D eigenvalue weighted by Gasteiger charge is -2.06. The molecule has 0 heterocycles. The smallest absolute Gasteiger partial charge is 0.245 e. The Morgan fingerprint density at radius 2 is 1.89 bits per heavy atom. The van der Waals surface area contributed by atoms with Crippen LogP contribution in [0.2, 0.25) is 0 Å². The molecule has 0 atom stereocenters. The molecule has 0 aliphatic heterocycles. The monoisotopic (exact) mass is 250 g/mol. The predicted octanol–water partition coefficient (Wildman–Crippen LogP) is 0.803. The molecule has 0 spiro atoms. The van der Waals surface area contributed by atoms with Gasteiger partial charge in [-0.05, 0) is 12.5 Å². The maximum atomic E-state index is 11.5. The Balaban J connectivity index is 2.16. The van der Waals surface area contributed by atoms with Gasteiger partial charge in [-0.3, -0.25) is 14.4 Å². The van der Waals surface area contributed by atoms with Crippen LogP contribution in [-0.2, 0) is 20.8 Å². The Labute approximate surface area is 106 Å². The van der Waals surface area contributed by atoms with Crippen molar-refractivity contribution in [2.24, 2.45) is 0 Å². The van der Waals surface area contributed by atoms with Crippen molar-refractivity contribution in [3.05, 3.63) is 35.9 Å². The van der Waals surface area contributed by atoms with Crippen LogP contribution >= 0.6 is 0 Å². The number of hydrogen-bond donors (Lipinski definition) is 2. The van der Waals surface area contributed by atoms with E-state index in [0.29, 0.717) is 19.6 Å². The lowest BCUT2D eigenvalue weighted by atomic mass is 10.1. The average molecular weight is 250 g/mol. The molecule has 1 rings (SSSR count). The first-order chi connectivity index (χ1) is 8.72. The summed E-state index contributed by atoms with van der Waals surface area (Å²) in [4.78, 5) is 27.4. The molecular formula is C13H18N2O3. The summed E-state index contributed by atoms with van der Waals surface area (Å²) in [6.07, 6.45) is 0.536. The van der Waals surface area contributed by atoms with Crippen LogP contribution in [0.25, 0.3) is 0 Å². The van der Waals surface area contributed by atoms with E-state index in [1.807, 2.05) is 30.3 Å². The number of nitrogens with one attached hydrogen (secondary N) is 2. The Hall–Kier alpha value is -1.88. The minimum absolute atomic E-state index is 0.0922. The second-order valence-electron chi connectivity index (χ2n) is 3.72. The minimum atomic E-state index is -0.239. The molecule has 1 aromatic carbocycles. The number of amides is 2. The van der Waals surface area contributed by atoms with E-state index in [2.05, 4.69) is 10.8 Å². The largest absolute Gasteiger partial charge is 0.355 e. The van der Waals surface area contributed by atoms with Gasteiger partial charge in [0.15, 0.2) is 0 Å². The second kappa shape index (κ2) is 8.25. The fraction of sp³-hybridized carbons (Fsp3) is 0.385. The Morgan fingerprint density at radius 1 is 1.17 bits per heavy atom. The summed E-state index contributed by atoms with van der Waals surface area (Å²) in [5, 5.41) is 2.68. The molecule has 0 aromatic heterocycles. The molecule has 0 saturated carbocycles. The molecule has 0 radical (unpaired) electrons. The Bertz CT molecular complexity index is 379. The van der Waals surface area contributed by atoms with Crippen LogP contribution < -0.4 is 10.8 Å². The van der Waals surface area contributed by atoms with Crippen LogP contribution in [0, 0.1) is 0 Å². The van der Waals surface area contributed by atoms with Crippen molar-refractivity contribution in [3.8, 4) is 0 Å². The van der Waals surface area contributed by atoms with Gasteiger partial charge in [-0.15, -0.1) is 0 Å². The zero-order valence-corrected chi connectivity index (χ0v) is 10.4. The Morgan fingerprint density at radius 3 is 2.56 bits per heavy atom. The first-order valence-electron chi connectivity index (χ1n) is 5.93. The molecule has 5 heteroatoms. The van der Waals surface area contributed by atoms with Gasteiger partial charge >= 0.3 is 0 Å². The molecule has 2 amide bonds. The predicted molar refractivity (Wildman–Crippen MR) is 67.5 cm³/mol. The molecule has 18 heavy (non-hydrogen) atoms. The summed E-state index contributed by atoms with van der Waals surface area (Å²) in [5.74, 6) is -0.331. The summed E-state index contributed by atoms with van der Waals surface area (Å²) >= 11 is 0. The molecule has 0 fully saturated rings. The highest BCUT2D eigenvalue weighted by molar-refractivity contribution is 5.80. The van der Waals surface area contributed by atoms with Gasteiger partial charge in [0.1, 0.15) is 0 Å². The van der Waals surface area contributed by atoms with E-state index >= 15 is 0 Å². The molecule has 0 aliphatic carbocycles. The number of benzene rings is 1. The molecule has 1 aromatic rings. The third-order valence-corrected chi connectivity index (χ3v) is 2.21. The molecule has 5 nitrogen and oxygen atoms in total. The van der Waals surface area contributed by atoms with E-state index in [1.54, 1.807) is 6.92 Å². The van der Waals surface area contributed by atoms with Gasteiger partial charge in [0.25, 0.3) is 0 Å². The minimum Gasteiger partial charge on any atom is -0.355 e. The van der Waals surface area contributed by atoms with Gasteiger partial charge in [0.2, 0.25) is 11.8 Å². The van der Waals surface area contributed by atoms with Gasteiger partial charge in [0.05, 0.1) is 13.0 Å². The quantitative estimate of drug-likeness (QED) is 0.703. The molecule has 0 saturated heterocycles. The van der Waals surface area contributed by atoms with Crippen molar-refractivity contribution in [2.45, 2.75) is 19.8 Å². The molecule has 0 bridgehead atoms. The van der Waals surface area contributed by atoms with Crippen LogP contribution in [0.3, 0.4) is 0 Å². The lowest BCUT2D eigenvalue weighted by Crippen LogP contribution is -2.31. The van der Waals surface area contributed by atoms with Gasteiger partial charge in [0, 0.05) is 13.0 Å². The number of carbonyl (C=O) groups excluding carboxylic acids is 2. The van der Waals surface area contributed by atoms with Crippen molar-refractivity contribution >= 4 is 11.8 Å². The van der Waals surface area contributed by atoms with Gasteiger partial charge < -0.3 is 5.32 Å². The normalized spacial score (nSPS) is 9.83. The number of hydroxylamine groups is 1. The number of carbonyl (C=O) groups is 2. The number of hydrogen-bond acceptors (Lipinski definition) is 3. The molecule has 0 aliphatic rings. The average Bonchev–Trinajstić information content (AvgIpc) is 2.37. The van der Waals surface area contributed by atoms with Crippen LogP contribution in [0.15, 0.2) is 30.3 Å². The van der Waals surface area contributed by atoms with E-state index in [-0.39, 0.29) is 18.2 Å². The van der Waals surface area contributed by atoms with Crippen LogP contribution in [0.5, 0.6) is 0 Å². The highest BCUT2D eigenvalue weighted by Gasteiger charge is 2.04. The first kappa shape index (κ1) is 14.2. The van der Waals surface area contributed by atoms with Crippen molar-refractivity contribution in [2.75, 3.05) is 13.2 Å². The summed E-state index contributed by atoms with van der Waals surface area (Å²) in [6, 6.07) is 9.46. The highest BCUT2D eigenvalue weighted by Crippen LogP contribution is 1.98. The third-order valence-electron chi connectivity index (χ3n) is 2.21. The molecule has 0 unspecified atom stereocenters. The zero-order valence-electron chi connectivity index (χ0n) is 10.4. The zero-order chi connectivity index (χ0) is 13.2. The third kappa shape index (κ3) is 6.00. The highest BCUT2D eigenvalue weighted by atomic mass is 16.6. The van der Waals surface area contributed by atoms with Crippen LogP contribution in [0.4, 0.5) is 0 Å². The maximum absolute atomic E-state index is 11.5. The molecule has 98 valence electrons. The summed E-state index contributed by atoms with van der Waals surface area (Å²) in [5.41, 5.74) is 3.22. The number of rotatable bonds is 7. The van der Waals surface area contributed by atoms with E-state index in [9.17, 15) is 9.59 Å². The van der Waals surface area contributed by atoms with Gasteiger partial charge in [-0.2, -0.15) is 0 Å². The topological polar surface area (TPSA) is 67.4 Å². The van der Waals surface area contributed by atoms with E-state index in [1.165, 1.54) is 0 Å². The van der Waals surface area contributed by atoms with Crippen LogP contribution in [0.1, 0.15) is 18.9 Å². The fourth-order valence-electron chi connectivity index (χ4n) is 1.36. The van der Waals surface area contributed by atoms with E-state index in [4.69, 9.17) is 4.84 Å². The van der Waals surface area contributed by atoms with Crippen molar-refractivity contribution in [1.82, 2.24) is 10.8 Å². The van der Waals surface area contributed by atoms with Crippen molar-refractivity contribution < 1.29 is 14.4 Å². The second-order valence-corrected chi connectivity index (χ2v) is 3.72. The van der Waals surface area contributed by atoms with E-state index in [0.717, 1.165) is 5.56 Å². The summed E-state index contributed by atoms with van der Waals surface area (Å²) in [6.45, 7) is 2.51. The van der Waals surface area contributed by atoms with Gasteiger partial charge in [-0.1, -0.05) is 30.3 Å². The standard InChI is InChI=1S/C13H18N2O3/c1-2-18-15-12(16)8-9-14-13(17)10-11-6-4-3-5-7-11/h3-7H,2,8-10H2,1H3,(H,14,17)(H,15,16). The Kier molecular flexibility index (Phi) is 6.50. The van der Waals surface area contributed by atoms with Crippen LogP contribution in [-0.4, -0.2) is 25.0 Å². The summed E-state index contributed by atoms with van der Waals surface area (Å²) < 4.78 is 0. The lowest BCUT2D eigenvalue weighted by molar-refractivity contribution is -0.133. The molecule has 2 N–H and O–H groups in total. The van der Waals surface area contributed by atoms with Crippen molar-refractivity contribution in [3.63, 3.8) is 0 Å². The van der Waals surface area contributed by atoms with E-state index < -0.39 is 0 Å². The molecular weight excluding hydrogens is 232 g/mol. The summed E-state index contributed by atoms with van der Waals surface area (Å²) in [7, 11) is 0. The first-order valence-corrected chi connectivity index (χ1v) is 5.93. The SMILES string of the molecule is CCONC(=O)CCNC(=O)Cc1ccccc1. The maximum Gasteiger partial charge on any atom is 0.245 e. The fourth-order valence-corrected chi connectivity index (χ4v) is 1.36. The van der Waals surface area contributed by atoms with Crippen molar-refractivity contribution in [1.29, 1.82) is 0 Å². The van der Waals surface area contributed by atoms with Gasteiger partial charge in [-0.25, -0.2) is 5.48 Å².